The number of alkyl halides is 1. The largest absolute Gasteiger partial charge is 0.351 e. The van der Waals surface area contributed by atoms with Crippen molar-refractivity contribution in [2.24, 2.45) is 5.92 Å². The zero-order valence-corrected chi connectivity index (χ0v) is 11.2. The molecule has 0 saturated carbocycles. The minimum atomic E-state index is -1.81. The molecule has 0 aromatic heterocycles. The van der Waals surface area contributed by atoms with E-state index >= 15 is 0 Å². The van der Waals surface area contributed by atoms with Gasteiger partial charge in [-0.3, -0.25) is 0 Å². The first-order valence-electron chi connectivity index (χ1n) is 5.53. The highest BCUT2D eigenvalue weighted by atomic mass is 35.5. The van der Waals surface area contributed by atoms with Crippen LogP contribution in [0.15, 0.2) is 0 Å². The molecule has 1 aliphatic heterocycles. The Morgan fingerprint density at radius 2 is 2.25 bits per heavy atom. The molecule has 16 heavy (non-hydrogen) atoms. The van der Waals surface area contributed by atoms with Gasteiger partial charge in [-0.2, -0.15) is 9.78 Å². The zero-order valence-electron chi connectivity index (χ0n) is 9.65. The van der Waals surface area contributed by atoms with E-state index in [1.165, 1.54) is 6.42 Å². The lowest BCUT2D eigenvalue weighted by Gasteiger charge is -2.23. The molecule has 1 saturated heterocycles. The van der Waals surface area contributed by atoms with E-state index in [1.54, 1.807) is 11.8 Å². The van der Waals surface area contributed by atoms with Crippen LogP contribution in [0.25, 0.3) is 0 Å². The van der Waals surface area contributed by atoms with Gasteiger partial charge in [-0.05, 0) is 30.9 Å². The molecule has 0 aliphatic carbocycles. The molecule has 1 rings (SSSR count). The van der Waals surface area contributed by atoms with Crippen molar-refractivity contribution >= 4 is 23.4 Å². The first-order chi connectivity index (χ1) is 7.49. The van der Waals surface area contributed by atoms with Gasteiger partial charge in [0.05, 0.1) is 0 Å². The van der Waals surface area contributed by atoms with Gasteiger partial charge in [-0.15, -0.1) is 11.8 Å². The van der Waals surface area contributed by atoms with Gasteiger partial charge >= 0.3 is 0 Å². The molecule has 2 atom stereocenters. The summed E-state index contributed by atoms with van der Waals surface area (Å²) in [6, 6.07) is 0. The van der Waals surface area contributed by atoms with Crippen molar-refractivity contribution < 1.29 is 19.9 Å². The van der Waals surface area contributed by atoms with Crippen LogP contribution in [-0.4, -0.2) is 21.5 Å². The Hall–Kier alpha value is 0.480. The summed E-state index contributed by atoms with van der Waals surface area (Å²) < 4.78 is 0. The van der Waals surface area contributed by atoms with Gasteiger partial charge in [0.25, 0.3) is 5.25 Å². The van der Waals surface area contributed by atoms with Crippen LogP contribution in [0.5, 0.6) is 0 Å². The van der Waals surface area contributed by atoms with E-state index in [9.17, 15) is 5.11 Å². The molecule has 0 aromatic carbocycles. The molecule has 0 aromatic rings. The standard InChI is InChI=1S/C10H19ClO4S/c1-8(2)7-10(11,12)14-15-13-9-5-3-4-6-16-9/h8-9,12H,3-7H2,1-2H3. The van der Waals surface area contributed by atoms with Crippen molar-refractivity contribution in [1.29, 1.82) is 0 Å². The van der Waals surface area contributed by atoms with Crippen LogP contribution in [0.4, 0.5) is 0 Å². The predicted octanol–water partition coefficient (Wildman–Crippen LogP) is 3.04. The second kappa shape index (κ2) is 7.03. The molecule has 1 fully saturated rings. The zero-order chi connectivity index (χ0) is 12.0. The van der Waals surface area contributed by atoms with E-state index in [0.717, 1.165) is 18.6 Å². The average molecular weight is 271 g/mol. The molecule has 1 N–H and O–H groups in total. The molecule has 4 nitrogen and oxygen atoms in total. The second-order valence-electron chi connectivity index (χ2n) is 4.33. The van der Waals surface area contributed by atoms with Crippen molar-refractivity contribution in [3.8, 4) is 0 Å². The van der Waals surface area contributed by atoms with Gasteiger partial charge in [0, 0.05) is 6.42 Å². The summed E-state index contributed by atoms with van der Waals surface area (Å²) in [4.78, 5) is 9.63. The van der Waals surface area contributed by atoms with Crippen molar-refractivity contribution in [1.82, 2.24) is 0 Å². The lowest BCUT2D eigenvalue weighted by molar-refractivity contribution is -0.559. The molecule has 1 aliphatic rings. The van der Waals surface area contributed by atoms with E-state index in [2.05, 4.69) is 9.93 Å². The molecule has 0 radical (unpaired) electrons. The summed E-state index contributed by atoms with van der Waals surface area (Å²) in [5, 5.41) is 12.3. The van der Waals surface area contributed by atoms with Crippen molar-refractivity contribution in [2.75, 3.05) is 5.75 Å². The van der Waals surface area contributed by atoms with Crippen LogP contribution in [0.2, 0.25) is 0 Å². The van der Waals surface area contributed by atoms with E-state index in [-0.39, 0.29) is 17.8 Å². The Labute approximate surface area is 105 Å². The lowest BCUT2D eigenvalue weighted by atomic mass is 10.1. The topological polar surface area (TPSA) is 47.9 Å². The lowest BCUT2D eigenvalue weighted by Crippen LogP contribution is -2.28. The third kappa shape index (κ3) is 6.27. The number of halogens is 1. The fourth-order valence-electron chi connectivity index (χ4n) is 1.44. The maximum absolute atomic E-state index is 9.55. The Balaban J connectivity index is 2.13. The van der Waals surface area contributed by atoms with Gasteiger partial charge < -0.3 is 5.11 Å². The second-order valence-corrected chi connectivity index (χ2v) is 6.19. The number of hydrogen-bond donors (Lipinski definition) is 1. The Morgan fingerprint density at radius 3 is 2.81 bits per heavy atom. The summed E-state index contributed by atoms with van der Waals surface area (Å²) in [7, 11) is 0. The van der Waals surface area contributed by atoms with Crippen LogP contribution in [-0.2, 0) is 14.8 Å². The Kier molecular flexibility index (Phi) is 6.39. The summed E-state index contributed by atoms with van der Waals surface area (Å²) in [6.07, 6.45) is 3.53. The molecule has 1 heterocycles. The highest BCUT2D eigenvalue weighted by Gasteiger charge is 2.28. The fourth-order valence-corrected chi connectivity index (χ4v) is 2.83. The molecular weight excluding hydrogens is 252 g/mol. The number of rotatable bonds is 6. The van der Waals surface area contributed by atoms with Gasteiger partial charge in [0.1, 0.15) is 5.44 Å². The summed E-state index contributed by atoms with van der Waals surface area (Å²) >= 11 is 7.35. The monoisotopic (exact) mass is 270 g/mol. The van der Waals surface area contributed by atoms with E-state index in [4.69, 9.17) is 16.5 Å². The highest BCUT2D eigenvalue weighted by molar-refractivity contribution is 7.99. The maximum atomic E-state index is 9.55. The molecule has 0 spiro atoms. The third-order valence-electron chi connectivity index (χ3n) is 2.11. The van der Waals surface area contributed by atoms with Gasteiger partial charge in [-0.1, -0.05) is 30.5 Å². The predicted molar refractivity (Wildman–Crippen MR) is 63.6 cm³/mol. The van der Waals surface area contributed by atoms with Crippen LogP contribution in [0, 0.1) is 5.92 Å². The normalized spacial score (nSPS) is 25.7. The maximum Gasteiger partial charge on any atom is 0.279 e. The van der Waals surface area contributed by atoms with Crippen LogP contribution >= 0.6 is 23.4 Å². The molecule has 2 unspecified atom stereocenters. The third-order valence-corrected chi connectivity index (χ3v) is 3.53. The molecule has 6 heteroatoms. The van der Waals surface area contributed by atoms with Gasteiger partial charge in [-0.25, -0.2) is 0 Å². The summed E-state index contributed by atoms with van der Waals surface area (Å²) in [5.74, 6) is 1.26. The first kappa shape index (κ1) is 14.5. The SMILES string of the molecule is CC(C)CC(O)(Cl)OOOC1CCCCS1. The quantitative estimate of drug-likeness (QED) is 0.348. The van der Waals surface area contributed by atoms with Crippen LogP contribution in [0.1, 0.15) is 39.5 Å². The van der Waals surface area contributed by atoms with Crippen molar-refractivity contribution in [2.45, 2.75) is 50.2 Å². The Bertz CT molecular complexity index is 195. The van der Waals surface area contributed by atoms with Crippen LogP contribution < -0.4 is 0 Å². The molecule has 96 valence electrons. The van der Waals surface area contributed by atoms with E-state index in [1.807, 2.05) is 13.8 Å². The molecular formula is C10H19ClO4S. The minimum Gasteiger partial charge on any atom is -0.351 e. The van der Waals surface area contributed by atoms with E-state index in [0.29, 0.717) is 0 Å². The highest BCUT2D eigenvalue weighted by Crippen LogP contribution is 2.28. The smallest absolute Gasteiger partial charge is 0.279 e. The van der Waals surface area contributed by atoms with Crippen LogP contribution in [0.3, 0.4) is 0 Å². The molecule has 0 bridgehead atoms. The molecule has 0 amide bonds. The summed E-state index contributed by atoms with van der Waals surface area (Å²) in [5.41, 5.74) is -0.0275. The van der Waals surface area contributed by atoms with Gasteiger partial charge in [0.2, 0.25) is 0 Å². The number of thioether (sulfide) groups is 1. The average Bonchev–Trinajstić information content (AvgIpc) is 2.16. The van der Waals surface area contributed by atoms with Gasteiger partial charge in [0.15, 0.2) is 0 Å². The first-order valence-corrected chi connectivity index (χ1v) is 6.96. The number of hydrogen-bond acceptors (Lipinski definition) is 5. The summed E-state index contributed by atoms with van der Waals surface area (Å²) in [6.45, 7) is 3.85. The van der Waals surface area contributed by atoms with E-state index < -0.39 is 5.25 Å². The number of aliphatic hydroxyl groups is 1. The minimum absolute atomic E-state index is 0.0275. The van der Waals surface area contributed by atoms with Crippen molar-refractivity contribution in [3.63, 3.8) is 0 Å². The Morgan fingerprint density at radius 1 is 1.50 bits per heavy atom. The fraction of sp³-hybridized carbons (Fsp3) is 1.00. The van der Waals surface area contributed by atoms with Crippen molar-refractivity contribution in [3.05, 3.63) is 0 Å².